The van der Waals surface area contributed by atoms with Crippen molar-refractivity contribution in [3.05, 3.63) is 58.8 Å². The predicted molar refractivity (Wildman–Crippen MR) is 107 cm³/mol. The lowest BCUT2D eigenvalue weighted by Crippen LogP contribution is -2.53. The van der Waals surface area contributed by atoms with E-state index >= 15 is 0 Å². The highest BCUT2D eigenvalue weighted by molar-refractivity contribution is 5.94. The number of carbonyl (C=O) groups excluding carboxylic acids is 1. The van der Waals surface area contributed by atoms with E-state index in [2.05, 4.69) is 12.2 Å². The molecule has 0 saturated carbocycles. The van der Waals surface area contributed by atoms with E-state index in [1.54, 1.807) is 0 Å². The van der Waals surface area contributed by atoms with E-state index in [4.69, 9.17) is 0 Å². The zero-order valence-corrected chi connectivity index (χ0v) is 15.5. The second-order valence-corrected chi connectivity index (χ2v) is 6.59. The van der Waals surface area contributed by atoms with E-state index < -0.39 is 0 Å². The van der Waals surface area contributed by atoms with Gasteiger partial charge < -0.3 is 14.8 Å². The van der Waals surface area contributed by atoms with Crippen LogP contribution in [0.4, 0.5) is 0 Å². The van der Waals surface area contributed by atoms with Crippen LogP contribution in [0.25, 0.3) is 21.8 Å². The van der Waals surface area contributed by atoms with Gasteiger partial charge in [-0.15, -0.1) is 12.4 Å². The van der Waals surface area contributed by atoms with Gasteiger partial charge in [-0.05, 0) is 31.2 Å². The summed E-state index contributed by atoms with van der Waals surface area (Å²) in [7, 11) is 0. The number of rotatable bonds is 2. The van der Waals surface area contributed by atoms with Crippen LogP contribution < -0.4 is 10.7 Å². The molecule has 1 aliphatic rings. The van der Waals surface area contributed by atoms with Crippen molar-refractivity contribution in [3.8, 4) is 0 Å². The number of aromatic nitrogens is 1. The van der Waals surface area contributed by atoms with Crippen LogP contribution in [-0.2, 0) is 11.3 Å². The zero-order chi connectivity index (χ0) is 17.4. The Kier molecular flexibility index (Phi) is 5.30. The molecule has 1 saturated heterocycles. The lowest BCUT2D eigenvalue weighted by atomic mass is 10.1. The molecular formula is C20H22ClN3O2. The molecular weight excluding hydrogens is 350 g/mol. The smallest absolute Gasteiger partial charge is 0.242 e. The summed E-state index contributed by atoms with van der Waals surface area (Å²) in [6, 6.07) is 15.2. The quantitative estimate of drug-likeness (QED) is 0.704. The summed E-state index contributed by atoms with van der Waals surface area (Å²) in [6.07, 6.45) is 0. The Morgan fingerprint density at radius 2 is 1.65 bits per heavy atom. The molecule has 0 spiro atoms. The van der Waals surface area contributed by atoms with Gasteiger partial charge in [0.2, 0.25) is 5.91 Å². The lowest BCUT2D eigenvalue weighted by molar-refractivity contribution is -0.134. The van der Waals surface area contributed by atoms with Crippen LogP contribution in [0, 0.1) is 0 Å². The highest BCUT2D eigenvalue weighted by atomic mass is 35.5. The molecule has 0 aliphatic carbocycles. The van der Waals surface area contributed by atoms with Crippen LogP contribution in [0.3, 0.4) is 0 Å². The number of piperazine rings is 1. The monoisotopic (exact) mass is 371 g/mol. The Bertz CT molecular complexity index is 955. The summed E-state index contributed by atoms with van der Waals surface area (Å²) in [4.78, 5) is 27.6. The van der Waals surface area contributed by atoms with Crippen molar-refractivity contribution >= 4 is 40.1 Å². The third kappa shape index (κ3) is 3.08. The fraction of sp³-hybridized carbons (Fsp3) is 0.300. The number of para-hydroxylation sites is 2. The molecule has 1 amide bonds. The van der Waals surface area contributed by atoms with Crippen LogP contribution >= 0.6 is 12.4 Å². The van der Waals surface area contributed by atoms with Gasteiger partial charge >= 0.3 is 0 Å². The maximum atomic E-state index is 12.9. The van der Waals surface area contributed by atoms with Crippen LogP contribution in [0.5, 0.6) is 0 Å². The molecule has 1 aliphatic heterocycles. The summed E-state index contributed by atoms with van der Waals surface area (Å²) in [5.41, 5.74) is 1.63. The minimum absolute atomic E-state index is 0. The maximum Gasteiger partial charge on any atom is 0.242 e. The standard InChI is InChI=1S/C20H21N3O2.ClH/c1-14-12-21-10-11-22(14)19(24)13-23-17-8-4-2-6-15(17)20(25)16-7-3-5-9-18(16)23;/h2-9,14,21H,10-13H2,1H3;1H. The number of hydrogen-bond acceptors (Lipinski definition) is 3. The molecule has 0 radical (unpaired) electrons. The number of nitrogens with zero attached hydrogens (tertiary/aromatic N) is 2. The third-order valence-corrected chi connectivity index (χ3v) is 4.99. The highest BCUT2D eigenvalue weighted by Crippen LogP contribution is 2.19. The Morgan fingerprint density at radius 3 is 2.23 bits per heavy atom. The number of fused-ring (bicyclic) bond motifs is 2. The van der Waals surface area contributed by atoms with E-state index in [1.165, 1.54) is 0 Å². The molecule has 6 heteroatoms. The van der Waals surface area contributed by atoms with Gasteiger partial charge in [0.1, 0.15) is 6.54 Å². The summed E-state index contributed by atoms with van der Waals surface area (Å²) >= 11 is 0. The first kappa shape index (κ1) is 18.4. The Morgan fingerprint density at radius 1 is 1.08 bits per heavy atom. The minimum Gasteiger partial charge on any atom is -0.336 e. The molecule has 2 heterocycles. The number of carbonyl (C=O) groups is 1. The van der Waals surface area contributed by atoms with Crippen molar-refractivity contribution in [2.24, 2.45) is 0 Å². The fourth-order valence-electron chi connectivity index (χ4n) is 3.68. The minimum atomic E-state index is 0. The molecule has 2 aromatic carbocycles. The first-order valence-electron chi connectivity index (χ1n) is 8.67. The average Bonchev–Trinajstić information content (AvgIpc) is 2.65. The lowest BCUT2D eigenvalue weighted by Gasteiger charge is -2.34. The van der Waals surface area contributed by atoms with Crippen molar-refractivity contribution < 1.29 is 4.79 Å². The topological polar surface area (TPSA) is 54.3 Å². The predicted octanol–water partition coefficient (Wildman–Crippen LogP) is 2.40. The normalized spacial score (nSPS) is 17.3. The molecule has 1 fully saturated rings. The zero-order valence-electron chi connectivity index (χ0n) is 14.6. The Hall–Kier alpha value is -2.37. The third-order valence-electron chi connectivity index (χ3n) is 4.99. The summed E-state index contributed by atoms with van der Waals surface area (Å²) in [5, 5.41) is 4.62. The van der Waals surface area contributed by atoms with E-state index in [1.807, 2.05) is 58.0 Å². The second-order valence-electron chi connectivity index (χ2n) is 6.59. The molecule has 3 aromatic rings. The second kappa shape index (κ2) is 7.48. The van der Waals surface area contributed by atoms with E-state index in [-0.39, 0.29) is 36.3 Å². The molecule has 1 unspecified atom stereocenters. The van der Waals surface area contributed by atoms with Crippen molar-refractivity contribution in [2.75, 3.05) is 19.6 Å². The molecule has 5 nitrogen and oxygen atoms in total. The van der Waals surface area contributed by atoms with Crippen LogP contribution in [0.2, 0.25) is 0 Å². The van der Waals surface area contributed by atoms with Gasteiger partial charge in [-0.1, -0.05) is 24.3 Å². The number of benzene rings is 2. The van der Waals surface area contributed by atoms with Gasteiger partial charge in [0.25, 0.3) is 0 Å². The number of pyridine rings is 1. The summed E-state index contributed by atoms with van der Waals surface area (Å²) in [6.45, 7) is 4.66. The number of nitrogens with one attached hydrogen (secondary N) is 1. The van der Waals surface area contributed by atoms with Crippen LogP contribution in [0.15, 0.2) is 53.3 Å². The number of amides is 1. The summed E-state index contributed by atoms with van der Waals surface area (Å²) < 4.78 is 1.98. The Balaban J connectivity index is 0.00000196. The van der Waals surface area contributed by atoms with Gasteiger partial charge in [-0.25, -0.2) is 0 Å². The average molecular weight is 372 g/mol. The molecule has 0 bridgehead atoms. The summed E-state index contributed by atoms with van der Waals surface area (Å²) in [5.74, 6) is 0.0907. The van der Waals surface area contributed by atoms with Gasteiger partial charge in [0, 0.05) is 36.4 Å². The number of halogens is 1. The van der Waals surface area contributed by atoms with Crippen LogP contribution in [-0.4, -0.2) is 41.1 Å². The molecule has 4 rings (SSSR count). The van der Waals surface area contributed by atoms with Gasteiger partial charge in [0.15, 0.2) is 5.43 Å². The molecule has 26 heavy (non-hydrogen) atoms. The van der Waals surface area contributed by atoms with Crippen molar-refractivity contribution in [1.29, 1.82) is 0 Å². The van der Waals surface area contributed by atoms with Crippen molar-refractivity contribution in [1.82, 2.24) is 14.8 Å². The Labute approximate surface area is 158 Å². The largest absolute Gasteiger partial charge is 0.336 e. The van der Waals surface area contributed by atoms with Gasteiger partial charge in [-0.3, -0.25) is 9.59 Å². The van der Waals surface area contributed by atoms with Crippen molar-refractivity contribution in [3.63, 3.8) is 0 Å². The van der Waals surface area contributed by atoms with Gasteiger partial charge in [-0.2, -0.15) is 0 Å². The van der Waals surface area contributed by atoms with Gasteiger partial charge in [0.05, 0.1) is 11.0 Å². The molecule has 1 N–H and O–H groups in total. The van der Waals surface area contributed by atoms with Crippen molar-refractivity contribution in [2.45, 2.75) is 19.5 Å². The highest BCUT2D eigenvalue weighted by Gasteiger charge is 2.24. The first-order valence-corrected chi connectivity index (χ1v) is 8.67. The van der Waals surface area contributed by atoms with Crippen LogP contribution in [0.1, 0.15) is 6.92 Å². The molecule has 1 aromatic heterocycles. The maximum absolute atomic E-state index is 12.9. The number of hydrogen-bond donors (Lipinski definition) is 1. The fourth-order valence-corrected chi connectivity index (χ4v) is 3.68. The first-order chi connectivity index (χ1) is 12.2. The van der Waals surface area contributed by atoms with E-state index in [0.29, 0.717) is 10.8 Å². The van der Waals surface area contributed by atoms with E-state index in [9.17, 15) is 9.59 Å². The molecule has 136 valence electrons. The molecule has 1 atom stereocenters. The van der Waals surface area contributed by atoms with E-state index in [0.717, 1.165) is 30.7 Å². The SMILES string of the molecule is CC1CNCCN1C(=O)Cn1c2ccccc2c(=O)c2ccccc21.Cl.